The van der Waals surface area contributed by atoms with Gasteiger partial charge in [0, 0.05) is 27.8 Å². The van der Waals surface area contributed by atoms with Gasteiger partial charge in [0.1, 0.15) is 22.7 Å². The third kappa shape index (κ3) is 4.64. The number of carbonyl (C=O) groups is 2. The van der Waals surface area contributed by atoms with Gasteiger partial charge in [0.25, 0.3) is 5.91 Å². The SMILES string of the molecule is COc1cc2c(cc1NC(=O)COC(=O)c1cc(-c3ccc(F)cc3)nc3ccccc13)oc1ccccc12. The van der Waals surface area contributed by atoms with Crippen molar-refractivity contribution in [1.82, 2.24) is 4.98 Å². The molecule has 1 N–H and O–H groups in total. The van der Waals surface area contributed by atoms with Gasteiger partial charge in [-0.25, -0.2) is 14.2 Å². The number of para-hydroxylation sites is 2. The van der Waals surface area contributed by atoms with Gasteiger partial charge in [-0.2, -0.15) is 0 Å². The summed E-state index contributed by atoms with van der Waals surface area (Å²) in [5, 5.41) is 5.10. The van der Waals surface area contributed by atoms with Gasteiger partial charge in [0.05, 0.1) is 29.6 Å². The van der Waals surface area contributed by atoms with Crippen molar-refractivity contribution in [1.29, 1.82) is 0 Å². The second-order valence-corrected chi connectivity index (χ2v) is 8.85. The molecule has 6 aromatic rings. The summed E-state index contributed by atoms with van der Waals surface area (Å²) in [6.45, 7) is -0.525. The zero-order chi connectivity index (χ0) is 26.9. The third-order valence-corrected chi connectivity index (χ3v) is 6.38. The number of carbonyl (C=O) groups excluding carboxylic acids is 2. The highest BCUT2D eigenvalue weighted by molar-refractivity contribution is 6.08. The molecule has 0 spiro atoms. The summed E-state index contributed by atoms with van der Waals surface area (Å²) < 4.78 is 30.2. The predicted molar refractivity (Wildman–Crippen MR) is 146 cm³/mol. The standard InChI is InChI=1S/C31H21FN2O5/c1-37-29-15-22-21-7-3-5-9-27(21)39-28(22)16-26(29)34-30(35)17-38-31(36)23-14-25(18-10-12-19(32)13-11-18)33-24-8-4-2-6-20(23)24/h2-16H,17H2,1H3,(H,34,35). The van der Waals surface area contributed by atoms with E-state index in [4.69, 9.17) is 13.9 Å². The van der Waals surface area contributed by atoms with E-state index in [0.717, 1.165) is 16.4 Å². The van der Waals surface area contributed by atoms with Crippen LogP contribution in [0.5, 0.6) is 5.75 Å². The molecule has 0 aliphatic heterocycles. The molecular formula is C31H21FN2O5. The van der Waals surface area contributed by atoms with Crippen LogP contribution in [-0.4, -0.2) is 30.6 Å². The van der Waals surface area contributed by atoms with Gasteiger partial charge in [0.2, 0.25) is 0 Å². The first-order valence-electron chi connectivity index (χ1n) is 12.1. The Morgan fingerprint density at radius 1 is 0.872 bits per heavy atom. The Balaban J connectivity index is 1.23. The molecule has 192 valence electrons. The predicted octanol–water partition coefficient (Wildman–Crippen LogP) is 6.74. The van der Waals surface area contributed by atoms with Crippen LogP contribution >= 0.6 is 0 Å². The molecule has 6 rings (SSSR count). The Morgan fingerprint density at radius 2 is 1.62 bits per heavy atom. The minimum Gasteiger partial charge on any atom is -0.495 e. The topological polar surface area (TPSA) is 90.7 Å². The Morgan fingerprint density at radius 3 is 2.41 bits per heavy atom. The summed E-state index contributed by atoms with van der Waals surface area (Å²) >= 11 is 0. The summed E-state index contributed by atoms with van der Waals surface area (Å²) in [6.07, 6.45) is 0. The maximum atomic E-state index is 13.4. The van der Waals surface area contributed by atoms with Crippen LogP contribution < -0.4 is 10.1 Å². The van der Waals surface area contributed by atoms with Crippen molar-refractivity contribution in [2.45, 2.75) is 0 Å². The maximum absolute atomic E-state index is 13.4. The van der Waals surface area contributed by atoms with Crippen molar-refractivity contribution in [2.75, 3.05) is 19.0 Å². The van der Waals surface area contributed by atoms with Gasteiger partial charge >= 0.3 is 5.97 Å². The fourth-order valence-corrected chi connectivity index (χ4v) is 4.53. The normalized spacial score (nSPS) is 11.1. The number of hydrogen-bond donors (Lipinski definition) is 1. The lowest BCUT2D eigenvalue weighted by Gasteiger charge is -2.12. The van der Waals surface area contributed by atoms with Crippen LogP contribution in [0.15, 0.2) is 95.4 Å². The molecule has 0 saturated heterocycles. The number of benzene rings is 4. The molecule has 0 aliphatic carbocycles. The van der Waals surface area contributed by atoms with Crippen LogP contribution in [-0.2, 0) is 9.53 Å². The summed E-state index contributed by atoms with van der Waals surface area (Å²) in [7, 11) is 1.51. The molecule has 7 nitrogen and oxygen atoms in total. The average molecular weight is 521 g/mol. The van der Waals surface area contributed by atoms with Gasteiger partial charge < -0.3 is 19.2 Å². The summed E-state index contributed by atoms with van der Waals surface area (Å²) in [5.74, 6) is -1.17. The van der Waals surface area contributed by atoms with Gasteiger partial charge in [-0.05, 0) is 48.5 Å². The first-order chi connectivity index (χ1) is 19.0. The highest BCUT2D eigenvalue weighted by Gasteiger charge is 2.18. The van der Waals surface area contributed by atoms with Crippen LogP contribution in [0.1, 0.15) is 10.4 Å². The molecule has 0 aliphatic rings. The lowest BCUT2D eigenvalue weighted by molar-refractivity contribution is -0.119. The number of ether oxygens (including phenoxy) is 2. The average Bonchev–Trinajstić information content (AvgIpc) is 3.32. The number of rotatable bonds is 6. The summed E-state index contributed by atoms with van der Waals surface area (Å²) in [5.41, 5.74) is 3.63. The van der Waals surface area contributed by atoms with E-state index >= 15 is 0 Å². The van der Waals surface area contributed by atoms with Crippen LogP contribution in [0.2, 0.25) is 0 Å². The molecule has 39 heavy (non-hydrogen) atoms. The molecular weight excluding hydrogens is 499 g/mol. The molecule has 0 unspecified atom stereocenters. The molecule has 0 bridgehead atoms. The van der Waals surface area contributed by atoms with Crippen molar-refractivity contribution < 1.29 is 27.9 Å². The van der Waals surface area contributed by atoms with Crippen molar-refractivity contribution >= 4 is 50.4 Å². The number of anilines is 1. The number of methoxy groups -OCH3 is 1. The van der Waals surface area contributed by atoms with Gasteiger partial charge in [-0.15, -0.1) is 0 Å². The molecule has 0 saturated carbocycles. The molecule has 4 aromatic carbocycles. The number of furan rings is 1. The van der Waals surface area contributed by atoms with E-state index < -0.39 is 18.5 Å². The van der Waals surface area contributed by atoms with E-state index in [1.165, 1.54) is 19.2 Å². The van der Waals surface area contributed by atoms with Crippen LogP contribution in [0.25, 0.3) is 44.1 Å². The number of pyridine rings is 1. The number of nitrogens with zero attached hydrogens (tertiary/aromatic N) is 1. The lowest BCUT2D eigenvalue weighted by atomic mass is 10.0. The lowest BCUT2D eigenvalue weighted by Crippen LogP contribution is -2.21. The summed E-state index contributed by atoms with van der Waals surface area (Å²) in [6, 6.07) is 25.6. The van der Waals surface area contributed by atoms with Gasteiger partial charge in [-0.3, -0.25) is 4.79 Å². The van der Waals surface area contributed by atoms with Crippen LogP contribution in [0.3, 0.4) is 0 Å². The first-order valence-corrected chi connectivity index (χ1v) is 12.1. The fraction of sp³-hybridized carbons (Fsp3) is 0.0645. The number of aromatic nitrogens is 1. The highest BCUT2D eigenvalue weighted by Crippen LogP contribution is 2.36. The van der Waals surface area contributed by atoms with Crippen LogP contribution in [0.4, 0.5) is 10.1 Å². The van der Waals surface area contributed by atoms with Crippen molar-refractivity contribution in [3.63, 3.8) is 0 Å². The second kappa shape index (κ2) is 9.90. The van der Waals surface area contributed by atoms with Gasteiger partial charge in [-0.1, -0.05) is 36.4 Å². The number of esters is 1. The molecule has 0 radical (unpaired) electrons. The smallest absolute Gasteiger partial charge is 0.339 e. The van der Waals surface area contributed by atoms with Crippen molar-refractivity contribution in [3.8, 4) is 17.0 Å². The molecule has 2 aromatic heterocycles. The number of halogens is 1. The van der Waals surface area contributed by atoms with E-state index in [-0.39, 0.29) is 11.4 Å². The fourth-order valence-electron chi connectivity index (χ4n) is 4.53. The monoisotopic (exact) mass is 520 g/mol. The van der Waals surface area contributed by atoms with Crippen molar-refractivity contribution in [2.24, 2.45) is 0 Å². The second-order valence-electron chi connectivity index (χ2n) is 8.85. The van der Waals surface area contributed by atoms with Crippen molar-refractivity contribution in [3.05, 3.63) is 102 Å². The first kappa shape index (κ1) is 24.1. The number of amides is 1. The largest absolute Gasteiger partial charge is 0.495 e. The molecule has 0 fully saturated rings. The quantitative estimate of drug-likeness (QED) is 0.245. The Bertz CT molecular complexity index is 1880. The third-order valence-electron chi connectivity index (χ3n) is 6.38. The molecule has 8 heteroatoms. The van der Waals surface area contributed by atoms with Crippen LogP contribution in [0, 0.1) is 5.82 Å². The number of nitrogens with one attached hydrogen (secondary N) is 1. The van der Waals surface area contributed by atoms with E-state index in [1.807, 2.05) is 24.3 Å². The number of hydrogen-bond acceptors (Lipinski definition) is 6. The van der Waals surface area contributed by atoms with Gasteiger partial charge in [0.15, 0.2) is 6.61 Å². The maximum Gasteiger partial charge on any atom is 0.339 e. The minimum atomic E-state index is -0.688. The van der Waals surface area contributed by atoms with E-state index in [0.29, 0.717) is 39.2 Å². The zero-order valence-electron chi connectivity index (χ0n) is 20.7. The Kier molecular flexibility index (Phi) is 6.13. The van der Waals surface area contributed by atoms with E-state index in [9.17, 15) is 14.0 Å². The Hall–Kier alpha value is -5.24. The molecule has 0 atom stereocenters. The number of fused-ring (bicyclic) bond motifs is 4. The van der Waals surface area contributed by atoms with E-state index in [1.54, 1.807) is 54.6 Å². The molecule has 1 amide bonds. The zero-order valence-corrected chi connectivity index (χ0v) is 20.7. The summed E-state index contributed by atoms with van der Waals surface area (Å²) in [4.78, 5) is 30.5. The highest BCUT2D eigenvalue weighted by atomic mass is 19.1. The molecule has 2 heterocycles. The minimum absolute atomic E-state index is 0.244. The Labute approximate surface area is 221 Å². The van der Waals surface area contributed by atoms with E-state index in [2.05, 4.69) is 10.3 Å².